The van der Waals surface area contributed by atoms with Crippen LogP contribution in [0.5, 0.6) is 0 Å². The number of carbonyl (C=O) groups excluding carboxylic acids is 1. The molecule has 3 aliphatic rings. The molecule has 3 rings (SSSR count). The van der Waals surface area contributed by atoms with Gasteiger partial charge in [0.2, 0.25) is 5.91 Å². The summed E-state index contributed by atoms with van der Waals surface area (Å²) in [6, 6.07) is -0.883. The van der Waals surface area contributed by atoms with Crippen molar-refractivity contribution >= 4 is 5.91 Å². The van der Waals surface area contributed by atoms with Gasteiger partial charge in [0.25, 0.3) is 0 Å². The van der Waals surface area contributed by atoms with Gasteiger partial charge in [-0.1, -0.05) is 256 Å². The molecule has 3 heterocycles. The fourth-order valence-electron chi connectivity index (χ4n) is 12.3. The van der Waals surface area contributed by atoms with Crippen LogP contribution in [0.25, 0.3) is 0 Å². The smallest absolute Gasteiger partial charge is 0.220 e. The van der Waals surface area contributed by atoms with Crippen LogP contribution in [0.4, 0.5) is 0 Å². The Labute approximate surface area is 542 Å². The monoisotopic (exact) mass is 1290 g/mol. The van der Waals surface area contributed by atoms with Crippen LogP contribution in [0.2, 0.25) is 0 Å². The highest BCUT2D eigenvalue weighted by Crippen LogP contribution is 2.33. The summed E-state index contributed by atoms with van der Waals surface area (Å²) in [6.07, 6.45) is 35.8. The van der Waals surface area contributed by atoms with Crippen LogP contribution in [0, 0.1) is 0 Å². The average molecular weight is 1290 g/mol. The van der Waals surface area contributed by atoms with Gasteiger partial charge in [-0.3, -0.25) is 4.79 Å². The zero-order valence-corrected chi connectivity index (χ0v) is 55.9. The Bertz CT molecular complexity index is 1780. The molecule has 17 unspecified atom stereocenters. The van der Waals surface area contributed by atoms with Gasteiger partial charge < -0.3 is 89.9 Å². The predicted molar refractivity (Wildman–Crippen MR) is 351 cm³/mol. The van der Waals surface area contributed by atoms with Crippen LogP contribution in [0.3, 0.4) is 0 Å². The van der Waals surface area contributed by atoms with Crippen molar-refractivity contribution < 1.29 is 89.4 Å². The molecule has 19 heteroatoms. The molecule has 0 aromatic carbocycles. The van der Waals surface area contributed by atoms with Crippen LogP contribution in [-0.4, -0.2) is 193 Å². The van der Waals surface area contributed by atoms with Crippen molar-refractivity contribution in [2.24, 2.45) is 0 Å². The van der Waals surface area contributed by atoms with E-state index in [1.54, 1.807) is 0 Å². The first-order valence-corrected chi connectivity index (χ1v) is 36.2. The summed E-state index contributed by atoms with van der Waals surface area (Å²) in [5.41, 5.74) is 0. The minimum absolute atomic E-state index is 0.242. The van der Waals surface area contributed by atoms with E-state index >= 15 is 0 Å². The summed E-state index contributed by atoms with van der Waals surface area (Å²) in [6.45, 7) is 1.75. The van der Waals surface area contributed by atoms with Crippen LogP contribution in [0.1, 0.15) is 277 Å². The summed E-state index contributed by atoms with van der Waals surface area (Å²) in [5, 5.41) is 120. The number of nitrogens with one attached hydrogen (secondary N) is 1. The molecule has 0 spiro atoms. The zero-order valence-electron chi connectivity index (χ0n) is 55.9. The third-order valence-electron chi connectivity index (χ3n) is 18.2. The molecule has 0 aromatic heterocycles. The van der Waals surface area contributed by atoms with Gasteiger partial charge in [-0.05, 0) is 51.4 Å². The van der Waals surface area contributed by atoms with Crippen molar-refractivity contribution in [2.75, 3.05) is 26.4 Å². The number of hydrogen-bond acceptors (Lipinski definition) is 18. The molecule has 19 nitrogen and oxygen atoms in total. The van der Waals surface area contributed by atoms with Crippen molar-refractivity contribution in [3.8, 4) is 0 Å². The van der Waals surface area contributed by atoms with Crippen LogP contribution < -0.4 is 5.32 Å². The van der Waals surface area contributed by atoms with Gasteiger partial charge >= 0.3 is 0 Å². The lowest BCUT2D eigenvalue weighted by Crippen LogP contribution is -2.66. The van der Waals surface area contributed by atoms with Crippen LogP contribution in [-0.2, 0) is 33.2 Å². The van der Waals surface area contributed by atoms with Gasteiger partial charge in [-0.2, -0.15) is 0 Å². The normalized spacial score (nSPS) is 28.2. The number of aliphatic hydroxyl groups excluding tert-OH is 11. The van der Waals surface area contributed by atoms with E-state index in [1.807, 2.05) is 0 Å². The number of amides is 1. The number of rotatable bonds is 56. The second-order valence-corrected chi connectivity index (χ2v) is 26.1. The van der Waals surface area contributed by atoms with Crippen molar-refractivity contribution in [1.82, 2.24) is 5.32 Å². The third-order valence-corrected chi connectivity index (χ3v) is 18.2. The maximum Gasteiger partial charge on any atom is 0.220 e. The Balaban J connectivity index is 1.26. The molecule has 17 atom stereocenters. The van der Waals surface area contributed by atoms with Crippen LogP contribution >= 0.6 is 0 Å². The first-order chi connectivity index (χ1) is 43.8. The SMILES string of the molecule is CCCCCCC/C=C\C/C=C\C/C=C\CCCCCCCCCCCCCCCCCCCCCCCCC(=O)NC(COC1OC(CO)C(OC2OC(CO)C(OC3OC(CO)C(O)C(O)C3O)C(O)C2O)C(O)C1O)C(O)CCCCCCCCCC. The first-order valence-electron chi connectivity index (χ1n) is 36.2. The van der Waals surface area contributed by atoms with E-state index in [9.17, 15) is 61.0 Å². The number of hydrogen-bond donors (Lipinski definition) is 12. The molecule has 3 saturated heterocycles. The van der Waals surface area contributed by atoms with Gasteiger partial charge in [0.05, 0.1) is 38.6 Å². The molecule has 528 valence electrons. The van der Waals surface area contributed by atoms with Gasteiger partial charge in [-0.15, -0.1) is 0 Å². The standard InChI is InChI=1S/C71H131NO18/c1-3-5-7-9-11-13-14-15-16-17-18-19-20-21-22-23-24-25-26-27-28-29-30-31-32-33-34-35-36-37-38-39-40-41-43-45-47-49-59(77)72-54(55(76)48-46-44-42-12-10-8-6-4-2)53-85-69-65(83)62(80)67(57(51-74)87-69)90-71-66(84)63(81)68(58(52-75)88-71)89-70-64(82)61(79)60(78)56(50-73)86-70/h14-15,17-18,20-21,54-58,60-71,73-76,78-84H,3-13,16,19,22-53H2,1-2H3,(H,72,77)/b15-14-,18-17-,21-20-. The quantitative estimate of drug-likeness (QED) is 0.0199. The van der Waals surface area contributed by atoms with Crippen molar-refractivity contribution in [3.05, 3.63) is 36.5 Å². The Hall–Kier alpha value is -1.99. The van der Waals surface area contributed by atoms with E-state index in [-0.39, 0.29) is 18.9 Å². The lowest BCUT2D eigenvalue weighted by molar-refractivity contribution is -0.379. The Morgan fingerprint density at radius 1 is 0.400 bits per heavy atom. The summed E-state index contributed by atoms with van der Waals surface area (Å²) < 4.78 is 34.3. The number of unbranched alkanes of at least 4 members (excludes halogenated alkanes) is 34. The van der Waals surface area contributed by atoms with E-state index in [4.69, 9.17) is 28.4 Å². The summed E-state index contributed by atoms with van der Waals surface area (Å²) >= 11 is 0. The molecule has 0 aromatic rings. The van der Waals surface area contributed by atoms with Crippen molar-refractivity contribution in [1.29, 1.82) is 0 Å². The topological polar surface area (TPSA) is 307 Å². The van der Waals surface area contributed by atoms with Gasteiger partial charge in [0, 0.05) is 6.42 Å². The number of carbonyl (C=O) groups is 1. The van der Waals surface area contributed by atoms with E-state index in [0.29, 0.717) is 12.8 Å². The average Bonchev–Trinajstić information content (AvgIpc) is 0.847. The van der Waals surface area contributed by atoms with Crippen molar-refractivity contribution in [2.45, 2.75) is 381 Å². The second kappa shape index (κ2) is 53.2. The Morgan fingerprint density at radius 2 is 0.733 bits per heavy atom. The molecule has 0 saturated carbocycles. The van der Waals surface area contributed by atoms with E-state index < -0.39 is 124 Å². The van der Waals surface area contributed by atoms with Gasteiger partial charge in [-0.25, -0.2) is 0 Å². The lowest BCUT2D eigenvalue weighted by atomic mass is 9.96. The highest BCUT2D eigenvalue weighted by molar-refractivity contribution is 5.76. The third kappa shape index (κ3) is 34.6. The molecule has 90 heavy (non-hydrogen) atoms. The first kappa shape index (κ1) is 82.2. The fraction of sp³-hybridized carbons (Fsp3) is 0.901. The predicted octanol–water partition coefficient (Wildman–Crippen LogP) is 10.00. The molecule has 3 fully saturated rings. The minimum Gasteiger partial charge on any atom is -0.394 e. The zero-order chi connectivity index (χ0) is 65.4. The molecular weight excluding hydrogens is 1150 g/mol. The summed E-state index contributed by atoms with van der Waals surface area (Å²) in [7, 11) is 0. The van der Waals surface area contributed by atoms with E-state index in [2.05, 4.69) is 55.6 Å². The van der Waals surface area contributed by atoms with Gasteiger partial charge in [0.1, 0.15) is 73.2 Å². The summed E-state index contributed by atoms with van der Waals surface area (Å²) in [4.78, 5) is 13.4. The summed E-state index contributed by atoms with van der Waals surface area (Å²) in [5.74, 6) is -0.242. The second-order valence-electron chi connectivity index (χ2n) is 26.1. The Morgan fingerprint density at radius 3 is 1.14 bits per heavy atom. The maximum absolute atomic E-state index is 13.4. The van der Waals surface area contributed by atoms with Gasteiger partial charge in [0.15, 0.2) is 18.9 Å². The molecule has 0 radical (unpaired) electrons. The number of aliphatic hydroxyl groups is 11. The molecule has 0 aliphatic carbocycles. The maximum atomic E-state index is 13.4. The molecule has 1 amide bonds. The number of ether oxygens (including phenoxy) is 6. The van der Waals surface area contributed by atoms with Crippen molar-refractivity contribution in [3.63, 3.8) is 0 Å². The molecular formula is C71H131NO18. The van der Waals surface area contributed by atoms with Crippen LogP contribution in [0.15, 0.2) is 36.5 Å². The molecule has 0 bridgehead atoms. The Kier molecular flexibility index (Phi) is 48.6. The minimum atomic E-state index is -1.97. The van der Waals surface area contributed by atoms with E-state index in [1.165, 1.54) is 186 Å². The lowest BCUT2D eigenvalue weighted by Gasteiger charge is -2.48. The largest absolute Gasteiger partial charge is 0.394 e. The highest BCUT2D eigenvalue weighted by atomic mass is 16.8. The number of allylic oxidation sites excluding steroid dienone is 6. The van der Waals surface area contributed by atoms with E-state index in [0.717, 1.165) is 57.8 Å². The fourth-order valence-corrected chi connectivity index (χ4v) is 12.3. The highest BCUT2D eigenvalue weighted by Gasteiger charge is 2.53. The molecule has 3 aliphatic heterocycles. The molecule has 12 N–H and O–H groups in total.